The summed E-state index contributed by atoms with van der Waals surface area (Å²) >= 11 is 3.49. The molecule has 4 rings (SSSR count). The van der Waals surface area contributed by atoms with Crippen molar-refractivity contribution in [3.8, 4) is 11.8 Å². The van der Waals surface area contributed by atoms with E-state index in [-0.39, 0.29) is 5.82 Å². The van der Waals surface area contributed by atoms with Crippen molar-refractivity contribution in [2.24, 2.45) is 0 Å². The van der Waals surface area contributed by atoms with E-state index in [1.54, 1.807) is 12.1 Å². The molecule has 0 saturated carbocycles. The molecule has 0 fully saturated rings. The maximum absolute atomic E-state index is 13.1. The molecule has 0 aliphatic rings. The molecule has 0 aliphatic carbocycles. The molecular formula is C26H17BrFNO. The Morgan fingerprint density at radius 3 is 2.47 bits per heavy atom. The van der Waals surface area contributed by atoms with Crippen LogP contribution in [0.15, 0.2) is 89.4 Å². The number of ether oxygens (including phenoxy) is 1. The van der Waals surface area contributed by atoms with Gasteiger partial charge >= 0.3 is 0 Å². The zero-order valence-electron chi connectivity index (χ0n) is 16.0. The Balaban J connectivity index is 1.67. The Morgan fingerprint density at radius 1 is 0.933 bits per heavy atom. The Labute approximate surface area is 183 Å². The van der Waals surface area contributed by atoms with Gasteiger partial charge in [0.15, 0.2) is 0 Å². The summed E-state index contributed by atoms with van der Waals surface area (Å²) in [6.45, 7) is 0.306. The number of hydrogen-bond acceptors (Lipinski definition) is 2. The molecule has 0 aromatic heterocycles. The molecule has 4 heteroatoms. The van der Waals surface area contributed by atoms with Crippen LogP contribution in [0.3, 0.4) is 0 Å². The summed E-state index contributed by atoms with van der Waals surface area (Å²) in [5, 5.41) is 12.0. The highest BCUT2D eigenvalue weighted by Crippen LogP contribution is 2.29. The molecule has 0 N–H and O–H groups in total. The highest BCUT2D eigenvalue weighted by molar-refractivity contribution is 9.10. The lowest BCUT2D eigenvalue weighted by atomic mass is 10.00. The molecule has 4 aromatic carbocycles. The van der Waals surface area contributed by atoms with E-state index >= 15 is 0 Å². The van der Waals surface area contributed by atoms with Gasteiger partial charge < -0.3 is 4.74 Å². The van der Waals surface area contributed by atoms with Crippen LogP contribution in [0.25, 0.3) is 22.4 Å². The first-order chi connectivity index (χ1) is 14.6. The highest BCUT2D eigenvalue weighted by atomic mass is 79.9. The number of rotatable bonds is 5. The molecule has 0 aliphatic heterocycles. The zero-order chi connectivity index (χ0) is 20.9. The van der Waals surface area contributed by atoms with Crippen molar-refractivity contribution in [1.82, 2.24) is 0 Å². The van der Waals surface area contributed by atoms with Crippen molar-refractivity contribution < 1.29 is 9.13 Å². The fourth-order valence-electron chi connectivity index (χ4n) is 3.20. The zero-order valence-corrected chi connectivity index (χ0v) is 17.6. The Morgan fingerprint density at radius 2 is 1.70 bits per heavy atom. The Kier molecular flexibility index (Phi) is 5.92. The SMILES string of the molecule is N#C/C(=C/c1cc(Br)ccc1OCc1ccc(F)cc1)c1ccc2ccccc2c1. The minimum atomic E-state index is -0.278. The molecule has 0 bridgehead atoms. The number of hydrogen-bond donors (Lipinski definition) is 0. The molecular weight excluding hydrogens is 441 g/mol. The van der Waals surface area contributed by atoms with Gasteiger partial charge in [-0.3, -0.25) is 0 Å². The van der Waals surface area contributed by atoms with Crippen molar-refractivity contribution >= 4 is 38.4 Å². The van der Waals surface area contributed by atoms with Gasteiger partial charge in [-0.1, -0.05) is 64.5 Å². The molecule has 0 radical (unpaired) electrons. The molecule has 0 amide bonds. The van der Waals surface area contributed by atoms with E-state index < -0.39 is 0 Å². The Bertz CT molecular complexity index is 1270. The minimum absolute atomic E-state index is 0.278. The second kappa shape index (κ2) is 8.94. The first kappa shape index (κ1) is 19.9. The summed E-state index contributed by atoms with van der Waals surface area (Å²) in [7, 11) is 0. The standard InChI is InChI=1S/C26H17BrFNO/c27-24-9-12-26(30-17-18-5-10-25(28)11-6-18)22(15-24)14-23(16-29)21-8-7-19-3-1-2-4-20(19)13-21/h1-15H,17H2/b23-14-. The number of halogens is 2. The van der Waals surface area contributed by atoms with Crippen LogP contribution >= 0.6 is 15.9 Å². The van der Waals surface area contributed by atoms with Crippen LogP contribution in [-0.4, -0.2) is 0 Å². The van der Waals surface area contributed by atoms with E-state index in [4.69, 9.17) is 4.74 Å². The molecule has 0 saturated heterocycles. The van der Waals surface area contributed by atoms with Gasteiger partial charge in [0.25, 0.3) is 0 Å². The lowest BCUT2D eigenvalue weighted by Gasteiger charge is -2.11. The number of benzene rings is 4. The van der Waals surface area contributed by atoms with Crippen molar-refractivity contribution in [1.29, 1.82) is 5.26 Å². The number of fused-ring (bicyclic) bond motifs is 1. The van der Waals surface area contributed by atoms with Gasteiger partial charge in [-0.25, -0.2) is 4.39 Å². The van der Waals surface area contributed by atoms with E-state index in [2.05, 4.69) is 22.0 Å². The summed E-state index contributed by atoms with van der Waals surface area (Å²) < 4.78 is 20.0. The highest BCUT2D eigenvalue weighted by Gasteiger charge is 2.08. The summed E-state index contributed by atoms with van der Waals surface area (Å²) in [5.41, 5.74) is 3.05. The van der Waals surface area contributed by atoms with Gasteiger partial charge in [0.2, 0.25) is 0 Å². The lowest BCUT2D eigenvalue weighted by Crippen LogP contribution is -1.97. The van der Waals surface area contributed by atoms with E-state index in [1.165, 1.54) is 12.1 Å². The van der Waals surface area contributed by atoms with Crippen LogP contribution in [0.2, 0.25) is 0 Å². The van der Waals surface area contributed by atoms with Gasteiger partial charge in [0.1, 0.15) is 18.2 Å². The normalized spacial score (nSPS) is 11.3. The van der Waals surface area contributed by atoms with Crippen molar-refractivity contribution in [2.45, 2.75) is 6.61 Å². The number of allylic oxidation sites excluding steroid dienone is 1. The van der Waals surface area contributed by atoms with Crippen LogP contribution in [0.1, 0.15) is 16.7 Å². The second-order valence-corrected chi connectivity index (χ2v) is 7.74. The van der Waals surface area contributed by atoms with E-state index in [0.717, 1.165) is 31.9 Å². The topological polar surface area (TPSA) is 33.0 Å². The summed E-state index contributed by atoms with van der Waals surface area (Å²) in [5.74, 6) is 0.371. The molecule has 0 spiro atoms. The average Bonchev–Trinajstić information content (AvgIpc) is 2.77. The maximum Gasteiger partial charge on any atom is 0.127 e. The largest absolute Gasteiger partial charge is 0.488 e. The van der Waals surface area contributed by atoms with Gasteiger partial charge in [-0.05, 0) is 64.4 Å². The van der Waals surface area contributed by atoms with Crippen LogP contribution in [-0.2, 0) is 6.61 Å². The third-order valence-corrected chi connectivity index (χ3v) is 5.25. The van der Waals surface area contributed by atoms with E-state index in [0.29, 0.717) is 17.9 Å². The first-order valence-corrected chi connectivity index (χ1v) is 10.2. The third kappa shape index (κ3) is 4.59. The number of nitriles is 1. The van der Waals surface area contributed by atoms with Crippen molar-refractivity contribution in [3.63, 3.8) is 0 Å². The summed E-state index contributed by atoms with van der Waals surface area (Å²) in [6.07, 6.45) is 1.83. The van der Waals surface area contributed by atoms with Gasteiger partial charge in [-0.15, -0.1) is 0 Å². The van der Waals surface area contributed by atoms with Gasteiger partial charge in [-0.2, -0.15) is 5.26 Å². The quantitative estimate of drug-likeness (QED) is 0.231. The minimum Gasteiger partial charge on any atom is -0.488 e. The molecule has 2 nitrogen and oxygen atoms in total. The fraction of sp³-hybridized carbons (Fsp3) is 0.0385. The van der Waals surface area contributed by atoms with Crippen LogP contribution in [0, 0.1) is 17.1 Å². The molecule has 0 heterocycles. The molecule has 0 unspecified atom stereocenters. The monoisotopic (exact) mass is 457 g/mol. The maximum atomic E-state index is 13.1. The van der Waals surface area contributed by atoms with Gasteiger partial charge in [0.05, 0.1) is 11.6 Å². The van der Waals surface area contributed by atoms with Crippen molar-refractivity contribution in [3.05, 3.63) is 112 Å². The molecule has 4 aromatic rings. The molecule has 146 valence electrons. The first-order valence-electron chi connectivity index (χ1n) is 9.40. The molecule has 0 atom stereocenters. The van der Waals surface area contributed by atoms with E-state index in [1.807, 2.05) is 66.7 Å². The van der Waals surface area contributed by atoms with Crippen LogP contribution in [0.4, 0.5) is 4.39 Å². The molecule has 30 heavy (non-hydrogen) atoms. The van der Waals surface area contributed by atoms with Crippen molar-refractivity contribution in [2.75, 3.05) is 0 Å². The van der Waals surface area contributed by atoms with E-state index in [9.17, 15) is 9.65 Å². The number of nitrogens with zero attached hydrogens (tertiary/aromatic N) is 1. The van der Waals surface area contributed by atoms with Gasteiger partial charge in [0, 0.05) is 10.0 Å². The fourth-order valence-corrected chi connectivity index (χ4v) is 3.58. The smallest absolute Gasteiger partial charge is 0.127 e. The average molecular weight is 458 g/mol. The third-order valence-electron chi connectivity index (χ3n) is 4.76. The predicted octanol–water partition coefficient (Wildman–Crippen LogP) is 7.38. The Hall–Kier alpha value is -3.42. The second-order valence-electron chi connectivity index (χ2n) is 6.83. The van der Waals surface area contributed by atoms with Crippen LogP contribution in [0.5, 0.6) is 5.75 Å². The lowest BCUT2D eigenvalue weighted by molar-refractivity contribution is 0.305. The summed E-state index contributed by atoms with van der Waals surface area (Å²) in [4.78, 5) is 0. The van der Waals surface area contributed by atoms with Crippen LogP contribution < -0.4 is 4.74 Å². The predicted molar refractivity (Wildman–Crippen MR) is 122 cm³/mol. The summed E-state index contributed by atoms with van der Waals surface area (Å²) in [6, 6.07) is 28.2.